The molecule has 0 aromatic heterocycles. The quantitative estimate of drug-likeness (QED) is 0.0222. The van der Waals surface area contributed by atoms with E-state index in [0.29, 0.717) is 25.7 Å². The third-order valence-electron chi connectivity index (χ3n) is 15.8. The second-order valence-corrected chi connectivity index (χ2v) is 27.8. The summed E-state index contributed by atoms with van der Waals surface area (Å²) in [6.45, 7) is 9.47. The van der Waals surface area contributed by atoms with Crippen LogP contribution in [-0.2, 0) is 65.4 Å². The Kier molecular flexibility index (Phi) is 58.0. The fraction of sp³-hybridized carbons (Fsp3) is 0.940. The average Bonchev–Trinajstić information content (AvgIpc) is 3.67. The van der Waals surface area contributed by atoms with E-state index in [1.807, 2.05) is 0 Å². The molecule has 0 aliphatic rings. The molecule has 6 atom stereocenters. The van der Waals surface area contributed by atoms with Crippen LogP contribution < -0.4 is 0 Å². The molecule has 0 amide bonds. The van der Waals surface area contributed by atoms with E-state index in [9.17, 15) is 43.2 Å². The molecular weight excluding hydrogens is 1140 g/mol. The summed E-state index contributed by atoms with van der Waals surface area (Å²) >= 11 is 0. The van der Waals surface area contributed by atoms with E-state index >= 15 is 0 Å². The summed E-state index contributed by atoms with van der Waals surface area (Å²) in [5, 5.41) is 10.5. The minimum absolute atomic E-state index is 0.105. The number of aliphatic hydroxyl groups excluding tert-OH is 1. The average molecular weight is 1270 g/mol. The van der Waals surface area contributed by atoms with Crippen LogP contribution in [0, 0.1) is 11.8 Å². The molecule has 0 aliphatic carbocycles. The van der Waals surface area contributed by atoms with E-state index in [0.717, 1.165) is 115 Å². The number of carbonyl (C=O) groups excluding carboxylic acids is 4. The highest BCUT2D eigenvalue weighted by Gasteiger charge is 2.30. The van der Waals surface area contributed by atoms with Crippen molar-refractivity contribution in [3.63, 3.8) is 0 Å². The summed E-state index contributed by atoms with van der Waals surface area (Å²) in [7, 11) is -9.89. The van der Waals surface area contributed by atoms with Gasteiger partial charge in [-0.25, -0.2) is 9.13 Å². The topological polar surface area (TPSA) is 237 Å². The van der Waals surface area contributed by atoms with Crippen molar-refractivity contribution < 1.29 is 80.2 Å². The van der Waals surface area contributed by atoms with Crippen LogP contribution >= 0.6 is 15.6 Å². The van der Waals surface area contributed by atoms with Crippen LogP contribution in [0.25, 0.3) is 0 Å². The first-order valence-electron chi connectivity index (χ1n) is 35.0. The van der Waals surface area contributed by atoms with Crippen molar-refractivity contribution in [3.05, 3.63) is 0 Å². The molecule has 0 aromatic rings. The van der Waals surface area contributed by atoms with Crippen LogP contribution in [0.15, 0.2) is 0 Å². The molecule has 17 nitrogen and oxygen atoms in total. The van der Waals surface area contributed by atoms with E-state index in [1.165, 1.54) is 141 Å². The van der Waals surface area contributed by atoms with Gasteiger partial charge in [-0.15, -0.1) is 0 Å². The van der Waals surface area contributed by atoms with Gasteiger partial charge in [0.1, 0.15) is 19.3 Å². The van der Waals surface area contributed by atoms with Crippen LogP contribution in [0.2, 0.25) is 0 Å². The van der Waals surface area contributed by atoms with Crippen LogP contribution in [0.1, 0.15) is 337 Å². The molecule has 0 spiro atoms. The van der Waals surface area contributed by atoms with E-state index in [-0.39, 0.29) is 25.7 Å². The lowest BCUT2D eigenvalue weighted by Crippen LogP contribution is -2.30. The third-order valence-corrected chi connectivity index (χ3v) is 17.7. The highest BCUT2D eigenvalue weighted by atomic mass is 31.2. The van der Waals surface area contributed by atoms with Gasteiger partial charge < -0.3 is 33.8 Å². The Morgan fingerprint density at radius 2 is 0.593 bits per heavy atom. The molecule has 3 N–H and O–H groups in total. The number of ether oxygens (including phenoxy) is 4. The van der Waals surface area contributed by atoms with Gasteiger partial charge in [-0.3, -0.25) is 37.3 Å². The van der Waals surface area contributed by atoms with E-state index < -0.39 is 97.5 Å². The molecule has 19 heteroatoms. The lowest BCUT2D eigenvalue weighted by molar-refractivity contribution is -0.161. The van der Waals surface area contributed by atoms with Crippen LogP contribution in [0.3, 0.4) is 0 Å². The third kappa shape index (κ3) is 59.7. The molecule has 0 saturated carbocycles. The second kappa shape index (κ2) is 59.4. The number of phosphoric acid groups is 2. The maximum Gasteiger partial charge on any atom is 0.472 e. The number of hydrogen-bond donors (Lipinski definition) is 3. The normalized spacial score (nSPS) is 14.5. The van der Waals surface area contributed by atoms with Crippen molar-refractivity contribution in [1.82, 2.24) is 0 Å². The first kappa shape index (κ1) is 84.1. The van der Waals surface area contributed by atoms with E-state index in [1.54, 1.807) is 0 Å². The Morgan fingerprint density at radius 1 is 0.337 bits per heavy atom. The van der Waals surface area contributed by atoms with Crippen molar-refractivity contribution >= 4 is 39.5 Å². The number of rotatable bonds is 66. The largest absolute Gasteiger partial charge is 0.472 e. The summed E-state index contributed by atoms with van der Waals surface area (Å²) in [4.78, 5) is 72.2. The standard InChI is InChI=1S/C67H130O17P2/c1-7-10-12-14-16-26-31-39-45-51-66(71)83-62(55-77-64(69)49-43-37-30-17-15-13-11-8-2)57-81-85(73,74)79-53-61(68)54-80-86(75,76)82-58-63(56-78-65(70)50-44-38-34-33-36-42-48-60(6)9-3)84-67(72)52-46-40-32-28-25-23-21-19-18-20-22-24-27-29-35-41-47-59(4)5/h59-63,68H,7-58H2,1-6H3,(H,73,74)(H,75,76)/t60?,61-,62+,63+/m0/s1. The first-order chi connectivity index (χ1) is 41.4. The molecular formula is C67H130O17P2. The molecule has 86 heavy (non-hydrogen) atoms. The summed E-state index contributed by atoms with van der Waals surface area (Å²) in [6, 6.07) is 0. The maximum absolute atomic E-state index is 13.0. The van der Waals surface area contributed by atoms with Gasteiger partial charge in [0.25, 0.3) is 0 Å². The van der Waals surface area contributed by atoms with Gasteiger partial charge in [0.2, 0.25) is 0 Å². The molecule has 0 bridgehead atoms. The Balaban J connectivity index is 5.16. The molecule has 0 radical (unpaired) electrons. The smallest absolute Gasteiger partial charge is 0.462 e. The van der Waals surface area contributed by atoms with Crippen LogP contribution in [-0.4, -0.2) is 96.7 Å². The SMILES string of the molecule is CCCCCCCCCCCC(=O)O[C@H](COC(=O)CCCCCCCCCC)COP(=O)(O)OC[C@H](O)COP(=O)(O)OC[C@@H](COC(=O)CCCCCCCCC(C)CC)OC(=O)CCCCCCCCCCCCCCCCCCC(C)C. The van der Waals surface area contributed by atoms with Gasteiger partial charge in [0, 0.05) is 25.7 Å². The molecule has 0 fully saturated rings. The Morgan fingerprint density at radius 3 is 0.884 bits per heavy atom. The Labute approximate surface area is 524 Å². The van der Waals surface area contributed by atoms with Crippen molar-refractivity contribution in [3.8, 4) is 0 Å². The number of carbonyl (C=O) groups is 4. The van der Waals surface area contributed by atoms with Gasteiger partial charge in [-0.05, 0) is 37.5 Å². The molecule has 0 aliphatic heterocycles. The van der Waals surface area contributed by atoms with Gasteiger partial charge in [0.05, 0.1) is 26.4 Å². The Hall–Kier alpha value is -1.94. The summed E-state index contributed by atoms with van der Waals surface area (Å²) < 4.78 is 68.0. The summed E-state index contributed by atoms with van der Waals surface area (Å²) in [5.41, 5.74) is 0. The van der Waals surface area contributed by atoms with Gasteiger partial charge in [-0.1, -0.05) is 286 Å². The highest BCUT2D eigenvalue weighted by Crippen LogP contribution is 2.45. The van der Waals surface area contributed by atoms with Crippen molar-refractivity contribution in [2.24, 2.45) is 11.8 Å². The van der Waals surface area contributed by atoms with Crippen molar-refractivity contribution in [1.29, 1.82) is 0 Å². The lowest BCUT2D eigenvalue weighted by atomic mass is 10.00. The summed E-state index contributed by atoms with van der Waals surface area (Å²) in [6.07, 6.45) is 43.2. The molecule has 0 aromatic carbocycles. The van der Waals surface area contributed by atoms with Gasteiger partial charge in [-0.2, -0.15) is 0 Å². The van der Waals surface area contributed by atoms with E-state index in [2.05, 4.69) is 41.5 Å². The number of aliphatic hydroxyl groups is 1. The van der Waals surface area contributed by atoms with Crippen molar-refractivity contribution in [2.45, 2.75) is 355 Å². The first-order valence-corrected chi connectivity index (χ1v) is 38.0. The maximum atomic E-state index is 13.0. The number of unbranched alkanes of at least 4 members (excludes halogenated alkanes) is 35. The second-order valence-electron chi connectivity index (χ2n) is 24.9. The summed E-state index contributed by atoms with van der Waals surface area (Å²) in [5.74, 6) is -0.594. The fourth-order valence-electron chi connectivity index (χ4n) is 10.0. The molecule has 0 heterocycles. The zero-order valence-corrected chi connectivity index (χ0v) is 57.4. The molecule has 3 unspecified atom stereocenters. The molecule has 0 saturated heterocycles. The van der Waals surface area contributed by atoms with Gasteiger partial charge in [0.15, 0.2) is 12.2 Å². The number of phosphoric ester groups is 2. The van der Waals surface area contributed by atoms with Crippen LogP contribution in [0.5, 0.6) is 0 Å². The number of hydrogen-bond acceptors (Lipinski definition) is 15. The predicted octanol–water partition coefficient (Wildman–Crippen LogP) is 18.8. The zero-order valence-electron chi connectivity index (χ0n) is 55.6. The zero-order chi connectivity index (χ0) is 63.6. The number of esters is 4. The lowest BCUT2D eigenvalue weighted by Gasteiger charge is -2.21. The monoisotopic (exact) mass is 1270 g/mol. The van der Waals surface area contributed by atoms with Crippen LogP contribution in [0.4, 0.5) is 0 Å². The fourth-order valence-corrected chi connectivity index (χ4v) is 11.6. The molecule has 510 valence electrons. The highest BCUT2D eigenvalue weighted by molar-refractivity contribution is 7.47. The predicted molar refractivity (Wildman–Crippen MR) is 345 cm³/mol. The Bertz CT molecular complexity index is 1690. The minimum Gasteiger partial charge on any atom is -0.462 e. The van der Waals surface area contributed by atoms with Gasteiger partial charge >= 0.3 is 39.5 Å². The van der Waals surface area contributed by atoms with E-state index in [4.69, 9.17) is 37.0 Å². The van der Waals surface area contributed by atoms with Crippen molar-refractivity contribution in [2.75, 3.05) is 39.6 Å². The molecule has 0 rings (SSSR count). The minimum atomic E-state index is -4.95.